The highest BCUT2D eigenvalue weighted by atomic mass is 35.5. The fourth-order valence-electron chi connectivity index (χ4n) is 1.97. The van der Waals surface area contributed by atoms with Gasteiger partial charge in [-0.05, 0) is 37.3 Å². The summed E-state index contributed by atoms with van der Waals surface area (Å²) in [4.78, 5) is 22.3. The third-order valence-electron chi connectivity index (χ3n) is 3.18. The second kappa shape index (κ2) is 7.21. The van der Waals surface area contributed by atoms with E-state index in [4.69, 9.17) is 16.3 Å². The average molecular weight is 336 g/mol. The highest BCUT2D eigenvalue weighted by Crippen LogP contribution is 2.29. The number of halogens is 1. The molecule has 0 saturated heterocycles. The van der Waals surface area contributed by atoms with E-state index in [1.165, 1.54) is 25.1 Å². The second-order valence-electron chi connectivity index (χ2n) is 4.87. The van der Waals surface area contributed by atoms with E-state index in [1.807, 2.05) is 0 Å². The van der Waals surface area contributed by atoms with Crippen molar-refractivity contribution in [3.05, 3.63) is 68.7 Å². The summed E-state index contributed by atoms with van der Waals surface area (Å²) < 4.78 is 5.41. The van der Waals surface area contributed by atoms with Gasteiger partial charge in [0.1, 0.15) is 5.75 Å². The first-order chi connectivity index (χ1) is 10.9. The Balaban J connectivity index is 2.15. The number of aliphatic hydroxyl groups is 1. The summed E-state index contributed by atoms with van der Waals surface area (Å²) in [5.41, 5.74) is 0.537. The SMILES string of the molecule is CC(O)c1cc([N+](=O)[O-])ccc1OCC(=O)c1ccc(Cl)cc1. The second-order valence-corrected chi connectivity index (χ2v) is 5.31. The average Bonchev–Trinajstić information content (AvgIpc) is 2.52. The Bertz CT molecular complexity index is 728. The third kappa shape index (κ3) is 4.28. The first-order valence-electron chi connectivity index (χ1n) is 6.76. The van der Waals surface area contributed by atoms with Crippen LogP contribution in [0.15, 0.2) is 42.5 Å². The lowest BCUT2D eigenvalue weighted by molar-refractivity contribution is -0.385. The van der Waals surface area contributed by atoms with Crippen LogP contribution in [-0.4, -0.2) is 22.4 Å². The van der Waals surface area contributed by atoms with Gasteiger partial charge >= 0.3 is 0 Å². The molecule has 2 rings (SSSR count). The standard InChI is InChI=1S/C16H14ClNO5/c1-10(19)14-8-13(18(21)22)6-7-16(14)23-9-15(20)11-2-4-12(17)5-3-11/h2-8,10,19H,9H2,1H3. The number of carbonyl (C=O) groups is 1. The monoisotopic (exact) mass is 335 g/mol. The van der Waals surface area contributed by atoms with Gasteiger partial charge in [0.15, 0.2) is 12.4 Å². The number of hydrogen-bond donors (Lipinski definition) is 1. The lowest BCUT2D eigenvalue weighted by Gasteiger charge is -2.13. The number of nitro benzene ring substituents is 1. The van der Waals surface area contributed by atoms with Crippen molar-refractivity contribution in [2.75, 3.05) is 6.61 Å². The summed E-state index contributed by atoms with van der Waals surface area (Å²) in [6.07, 6.45) is -0.962. The molecule has 2 aromatic carbocycles. The largest absolute Gasteiger partial charge is 0.485 e. The zero-order valence-corrected chi connectivity index (χ0v) is 13.0. The predicted octanol–water partition coefficient (Wildman–Crippen LogP) is 3.56. The number of non-ortho nitro benzene ring substituents is 1. The molecule has 0 bridgehead atoms. The summed E-state index contributed by atoms with van der Waals surface area (Å²) in [5, 5.41) is 21.0. The minimum atomic E-state index is -0.962. The van der Waals surface area contributed by atoms with Gasteiger partial charge in [-0.1, -0.05) is 11.6 Å². The van der Waals surface area contributed by atoms with E-state index in [9.17, 15) is 20.0 Å². The zero-order chi connectivity index (χ0) is 17.0. The molecule has 0 fully saturated rings. The molecule has 0 spiro atoms. The third-order valence-corrected chi connectivity index (χ3v) is 3.43. The fraction of sp³-hybridized carbons (Fsp3) is 0.188. The number of nitrogens with zero attached hydrogens (tertiary/aromatic N) is 1. The molecular weight excluding hydrogens is 322 g/mol. The Kier molecular flexibility index (Phi) is 5.31. The maximum atomic E-state index is 12.0. The van der Waals surface area contributed by atoms with Crippen LogP contribution in [0.25, 0.3) is 0 Å². The normalized spacial score (nSPS) is 11.8. The molecule has 23 heavy (non-hydrogen) atoms. The quantitative estimate of drug-likeness (QED) is 0.495. The van der Waals surface area contributed by atoms with E-state index < -0.39 is 11.0 Å². The molecule has 0 saturated carbocycles. The van der Waals surface area contributed by atoms with Crippen molar-refractivity contribution >= 4 is 23.1 Å². The van der Waals surface area contributed by atoms with Crippen molar-refractivity contribution in [3.8, 4) is 5.75 Å². The van der Waals surface area contributed by atoms with E-state index in [1.54, 1.807) is 24.3 Å². The summed E-state index contributed by atoms with van der Waals surface area (Å²) in [6.45, 7) is 1.21. The molecular formula is C16H14ClNO5. The van der Waals surface area contributed by atoms with Crippen molar-refractivity contribution in [1.82, 2.24) is 0 Å². The van der Waals surface area contributed by atoms with E-state index in [2.05, 4.69) is 0 Å². The minimum absolute atomic E-state index is 0.155. The smallest absolute Gasteiger partial charge is 0.270 e. The van der Waals surface area contributed by atoms with Gasteiger partial charge in [0, 0.05) is 28.3 Å². The van der Waals surface area contributed by atoms with Crippen LogP contribution in [-0.2, 0) is 0 Å². The summed E-state index contributed by atoms with van der Waals surface area (Å²) >= 11 is 5.76. The number of carbonyl (C=O) groups excluding carboxylic acids is 1. The molecule has 0 radical (unpaired) electrons. The highest BCUT2D eigenvalue weighted by molar-refractivity contribution is 6.30. The summed E-state index contributed by atoms with van der Waals surface area (Å²) in [6, 6.07) is 10.2. The lowest BCUT2D eigenvalue weighted by atomic mass is 10.1. The molecule has 0 aromatic heterocycles. The van der Waals surface area contributed by atoms with Crippen LogP contribution in [0, 0.1) is 10.1 Å². The Morgan fingerprint density at radius 1 is 1.30 bits per heavy atom. The van der Waals surface area contributed by atoms with Gasteiger partial charge < -0.3 is 9.84 Å². The summed E-state index contributed by atoms with van der Waals surface area (Å²) in [5.74, 6) is -0.0375. The van der Waals surface area contributed by atoms with Crippen LogP contribution in [0.3, 0.4) is 0 Å². The Hall–Kier alpha value is -2.44. The van der Waals surface area contributed by atoms with E-state index in [0.29, 0.717) is 10.6 Å². The van der Waals surface area contributed by atoms with E-state index in [-0.39, 0.29) is 29.4 Å². The first kappa shape index (κ1) is 16.9. The maximum absolute atomic E-state index is 12.0. The summed E-state index contributed by atoms with van der Waals surface area (Å²) in [7, 11) is 0. The molecule has 0 aliphatic rings. The highest BCUT2D eigenvalue weighted by Gasteiger charge is 2.16. The van der Waals surface area contributed by atoms with Gasteiger partial charge in [0.05, 0.1) is 11.0 Å². The minimum Gasteiger partial charge on any atom is -0.485 e. The van der Waals surface area contributed by atoms with Crippen molar-refractivity contribution in [1.29, 1.82) is 0 Å². The van der Waals surface area contributed by atoms with Gasteiger partial charge in [0.25, 0.3) is 5.69 Å². The molecule has 0 amide bonds. The van der Waals surface area contributed by atoms with Crippen LogP contribution < -0.4 is 4.74 Å². The molecule has 0 aliphatic heterocycles. The predicted molar refractivity (Wildman–Crippen MR) is 85.0 cm³/mol. The number of hydrogen-bond acceptors (Lipinski definition) is 5. The van der Waals surface area contributed by atoms with Gasteiger partial charge in [-0.15, -0.1) is 0 Å². The molecule has 7 heteroatoms. The molecule has 6 nitrogen and oxygen atoms in total. The van der Waals surface area contributed by atoms with Crippen LogP contribution >= 0.6 is 11.6 Å². The van der Waals surface area contributed by atoms with Gasteiger partial charge in [0.2, 0.25) is 0 Å². The topological polar surface area (TPSA) is 89.7 Å². The van der Waals surface area contributed by atoms with Crippen molar-refractivity contribution in [3.63, 3.8) is 0 Å². The maximum Gasteiger partial charge on any atom is 0.270 e. The van der Waals surface area contributed by atoms with Gasteiger partial charge in [-0.25, -0.2) is 0 Å². The molecule has 1 N–H and O–H groups in total. The molecule has 120 valence electrons. The molecule has 2 aromatic rings. The Morgan fingerprint density at radius 3 is 2.52 bits per heavy atom. The number of benzene rings is 2. The first-order valence-corrected chi connectivity index (χ1v) is 7.14. The van der Waals surface area contributed by atoms with Crippen LogP contribution in [0.5, 0.6) is 5.75 Å². The number of aliphatic hydroxyl groups excluding tert-OH is 1. The molecule has 1 unspecified atom stereocenters. The van der Waals surface area contributed by atoms with Gasteiger partial charge in [-0.2, -0.15) is 0 Å². The lowest BCUT2D eigenvalue weighted by Crippen LogP contribution is -2.13. The van der Waals surface area contributed by atoms with Crippen LogP contribution in [0.1, 0.15) is 28.9 Å². The van der Waals surface area contributed by atoms with Gasteiger partial charge in [-0.3, -0.25) is 14.9 Å². The number of rotatable bonds is 6. The Labute approximate surface area is 137 Å². The van der Waals surface area contributed by atoms with Crippen molar-refractivity contribution in [2.24, 2.45) is 0 Å². The number of ketones is 1. The number of Topliss-reactive ketones (excluding diaryl/α,β-unsaturated/α-hetero) is 1. The Morgan fingerprint density at radius 2 is 1.96 bits per heavy atom. The molecule has 0 heterocycles. The van der Waals surface area contributed by atoms with E-state index in [0.717, 1.165) is 0 Å². The van der Waals surface area contributed by atoms with Crippen LogP contribution in [0.4, 0.5) is 5.69 Å². The molecule has 0 aliphatic carbocycles. The van der Waals surface area contributed by atoms with E-state index >= 15 is 0 Å². The van der Waals surface area contributed by atoms with Crippen LogP contribution in [0.2, 0.25) is 5.02 Å². The van der Waals surface area contributed by atoms with Crippen molar-refractivity contribution < 1.29 is 19.6 Å². The number of ether oxygens (including phenoxy) is 1. The fourth-order valence-corrected chi connectivity index (χ4v) is 2.10. The molecule has 1 atom stereocenters. The number of nitro groups is 1. The van der Waals surface area contributed by atoms with Crippen molar-refractivity contribution in [2.45, 2.75) is 13.0 Å². The zero-order valence-electron chi connectivity index (χ0n) is 12.2.